The van der Waals surface area contributed by atoms with Crippen LogP contribution in [0.1, 0.15) is 38.2 Å². The van der Waals surface area contributed by atoms with Crippen LogP contribution in [0.3, 0.4) is 0 Å². The van der Waals surface area contributed by atoms with Gasteiger partial charge < -0.3 is 0 Å². The fourth-order valence-electron chi connectivity index (χ4n) is 1.45. The highest BCUT2D eigenvalue weighted by Crippen LogP contribution is 2.19. The van der Waals surface area contributed by atoms with Crippen molar-refractivity contribution in [1.29, 1.82) is 0 Å². The third-order valence-electron chi connectivity index (χ3n) is 2.27. The number of para-hydroxylation sites is 1. The number of unbranched alkanes of at least 4 members (excludes halogenated alkanes) is 3. The van der Waals surface area contributed by atoms with Crippen molar-refractivity contribution >= 4 is 0 Å². The Morgan fingerprint density at radius 3 is 2.54 bits per heavy atom. The normalized spacial score (nSPS) is 10.2. The van der Waals surface area contributed by atoms with Crippen molar-refractivity contribution in [2.75, 3.05) is 0 Å². The van der Waals surface area contributed by atoms with Crippen molar-refractivity contribution in [1.82, 2.24) is 0 Å². The molecule has 1 rings (SSSR count). The Kier molecular flexibility index (Phi) is 4.37. The van der Waals surface area contributed by atoms with E-state index in [2.05, 4.69) is 6.92 Å². The van der Waals surface area contributed by atoms with Crippen LogP contribution >= 0.6 is 0 Å². The third kappa shape index (κ3) is 3.49. The summed E-state index contributed by atoms with van der Waals surface area (Å²) in [5.41, 5.74) is 0.971. The molecule has 0 aliphatic carbocycles. The van der Waals surface area contributed by atoms with Gasteiger partial charge in [0.05, 0.1) is 0 Å². The molecule has 0 bridgehead atoms. The van der Waals surface area contributed by atoms with E-state index in [0.29, 0.717) is 0 Å². The van der Waals surface area contributed by atoms with Crippen molar-refractivity contribution in [3.05, 3.63) is 29.8 Å². The predicted molar refractivity (Wildman–Crippen MR) is 54.4 cm³/mol. The SMILES string of the molecule is CCCCCCc1ccccc1[O]. The minimum absolute atomic E-state index is 0.194. The average molecular weight is 177 g/mol. The van der Waals surface area contributed by atoms with Crippen molar-refractivity contribution in [3.63, 3.8) is 0 Å². The van der Waals surface area contributed by atoms with E-state index in [9.17, 15) is 5.11 Å². The number of benzene rings is 1. The van der Waals surface area contributed by atoms with Gasteiger partial charge in [0.25, 0.3) is 0 Å². The van der Waals surface area contributed by atoms with Gasteiger partial charge in [0.2, 0.25) is 0 Å². The first-order chi connectivity index (χ1) is 6.34. The second kappa shape index (κ2) is 5.63. The van der Waals surface area contributed by atoms with E-state index in [1.807, 2.05) is 12.1 Å². The molecule has 1 aromatic rings. The van der Waals surface area contributed by atoms with Crippen molar-refractivity contribution in [2.24, 2.45) is 0 Å². The lowest BCUT2D eigenvalue weighted by atomic mass is 10.1. The largest absolute Gasteiger partial charge is 0.290 e. The van der Waals surface area contributed by atoms with Crippen LogP contribution in [-0.2, 0) is 11.5 Å². The van der Waals surface area contributed by atoms with Crippen LogP contribution in [0.2, 0.25) is 0 Å². The summed E-state index contributed by atoms with van der Waals surface area (Å²) in [5, 5.41) is 11.3. The summed E-state index contributed by atoms with van der Waals surface area (Å²) in [7, 11) is 0. The molecular formula is C12H17O. The molecule has 0 saturated heterocycles. The van der Waals surface area contributed by atoms with E-state index < -0.39 is 0 Å². The van der Waals surface area contributed by atoms with Crippen molar-refractivity contribution in [3.8, 4) is 5.75 Å². The lowest BCUT2D eigenvalue weighted by Gasteiger charge is -2.01. The molecule has 0 fully saturated rings. The fourth-order valence-corrected chi connectivity index (χ4v) is 1.45. The van der Waals surface area contributed by atoms with Crippen LogP contribution in [0.25, 0.3) is 0 Å². The maximum Gasteiger partial charge on any atom is 0.181 e. The molecule has 0 aliphatic rings. The maximum absolute atomic E-state index is 11.3. The zero-order valence-electron chi connectivity index (χ0n) is 8.25. The Bertz CT molecular complexity index is 243. The van der Waals surface area contributed by atoms with Crippen molar-refractivity contribution < 1.29 is 5.11 Å². The molecule has 0 aromatic heterocycles. The molecule has 1 aromatic carbocycles. The van der Waals surface area contributed by atoms with Gasteiger partial charge in [0, 0.05) is 0 Å². The van der Waals surface area contributed by atoms with Crippen LogP contribution in [0, 0.1) is 0 Å². The highest BCUT2D eigenvalue weighted by atomic mass is 16.3. The molecule has 0 unspecified atom stereocenters. The Balaban J connectivity index is 2.32. The lowest BCUT2D eigenvalue weighted by Crippen LogP contribution is -1.85. The first kappa shape index (κ1) is 10.1. The van der Waals surface area contributed by atoms with Crippen LogP contribution in [0.5, 0.6) is 5.75 Å². The summed E-state index contributed by atoms with van der Waals surface area (Å²) in [4.78, 5) is 0. The van der Waals surface area contributed by atoms with Gasteiger partial charge >= 0.3 is 0 Å². The number of rotatable bonds is 5. The number of hydrogen-bond acceptors (Lipinski definition) is 0. The molecule has 0 atom stereocenters. The molecule has 1 nitrogen and oxygen atoms in total. The topological polar surface area (TPSA) is 19.9 Å². The Labute approximate surface area is 80.4 Å². The van der Waals surface area contributed by atoms with Gasteiger partial charge in [-0.05, 0) is 24.5 Å². The quantitative estimate of drug-likeness (QED) is 0.607. The molecule has 71 valence electrons. The van der Waals surface area contributed by atoms with E-state index in [1.165, 1.54) is 19.3 Å². The monoisotopic (exact) mass is 177 g/mol. The molecule has 0 heterocycles. The van der Waals surface area contributed by atoms with Gasteiger partial charge in [-0.15, -0.1) is 0 Å². The van der Waals surface area contributed by atoms with Crippen LogP contribution < -0.4 is 0 Å². The van der Waals surface area contributed by atoms with Gasteiger partial charge in [0.15, 0.2) is 5.75 Å². The molecule has 0 N–H and O–H groups in total. The fraction of sp³-hybridized carbons (Fsp3) is 0.500. The Hall–Kier alpha value is -0.980. The van der Waals surface area contributed by atoms with Gasteiger partial charge in [-0.3, -0.25) is 5.11 Å². The minimum atomic E-state index is 0.194. The van der Waals surface area contributed by atoms with E-state index in [-0.39, 0.29) is 5.75 Å². The second-order valence-electron chi connectivity index (χ2n) is 3.42. The summed E-state index contributed by atoms with van der Waals surface area (Å²) in [5.74, 6) is 0.194. The number of aryl methyl sites for hydroxylation is 1. The van der Waals surface area contributed by atoms with Gasteiger partial charge in [-0.2, -0.15) is 0 Å². The summed E-state index contributed by atoms with van der Waals surface area (Å²) >= 11 is 0. The maximum atomic E-state index is 11.3. The van der Waals surface area contributed by atoms with E-state index >= 15 is 0 Å². The van der Waals surface area contributed by atoms with Crippen LogP contribution in [0.4, 0.5) is 0 Å². The second-order valence-corrected chi connectivity index (χ2v) is 3.42. The van der Waals surface area contributed by atoms with Crippen LogP contribution in [0.15, 0.2) is 24.3 Å². The average Bonchev–Trinajstić information content (AvgIpc) is 2.15. The summed E-state index contributed by atoms with van der Waals surface area (Å²) < 4.78 is 0. The van der Waals surface area contributed by atoms with Gasteiger partial charge in [0.1, 0.15) is 0 Å². The first-order valence-electron chi connectivity index (χ1n) is 5.09. The predicted octanol–water partition coefficient (Wildman–Crippen LogP) is 3.95. The molecule has 0 saturated carbocycles. The van der Waals surface area contributed by atoms with Gasteiger partial charge in [-0.1, -0.05) is 44.4 Å². The molecule has 13 heavy (non-hydrogen) atoms. The molecule has 0 aliphatic heterocycles. The van der Waals surface area contributed by atoms with E-state index in [1.54, 1.807) is 12.1 Å². The minimum Gasteiger partial charge on any atom is -0.290 e. The standard InChI is InChI=1S/C12H17O/c1-2-3-4-5-8-11-9-6-7-10-12(11)13/h6-7,9-10H,2-5,8H2,1H3. The van der Waals surface area contributed by atoms with E-state index in [0.717, 1.165) is 18.4 Å². The molecule has 1 heteroatoms. The Morgan fingerprint density at radius 1 is 1.08 bits per heavy atom. The molecular weight excluding hydrogens is 160 g/mol. The molecule has 0 spiro atoms. The summed E-state index contributed by atoms with van der Waals surface area (Å²) in [6, 6.07) is 7.33. The number of hydrogen-bond donors (Lipinski definition) is 0. The molecule has 0 amide bonds. The lowest BCUT2D eigenvalue weighted by molar-refractivity contribution is 0.349. The highest BCUT2D eigenvalue weighted by molar-refractivity contribution is 5.31. The molecule has 1 radical (unpaired) electrons. The van der Waals surface area contributed by atoms with Gasteiger partial charge in [-0.25, -0.2) is 0 Å². The van der Waals surface area contributed by atoms with Crippen LogP contribution in [-0.4, -0.2) is 0 Å². The third-order valence-corrected chi connectivity index (χ3v) is 2.27. The highest BCUT2D eigenvalue weighted by Gasteiger charge is 1.99. The Morgan fingerprint density at radius 2 is 1.85 bits per heavy atom. The first-order valence-corrected chi connectivity index (χ1v) is 5.09. The van der Waals surface area contributed by atoms with Crippen molar-refractivity contribution in [2.45, 2.75) is 39.0 Å². The summed E-state index contributed by atoms with van der Waals surface area (Å²) in [6.07, 6.45) is 5.86. The van der Waals surface area contributed by atoms with E-state index in [4.69, 9.17) is 0 Å². The zero-order valence-corrected chi connectivity index (χ0v) is 8.25. The zero-order chi connectivity index (χ0) is 9.52. The summed E-state index contributed by atoms with van der Waals surface area (Å²) in [6.45, 7) is 2.20. The smallest absolute Gasteiger partial charge is 0.181 e.